The van der Waals surface area contributed by atoms with E-state index in [1.807, 2.05) is 30.3 Å². The number of nitrogens with zero attached hydrogens (tertiary/aromatic N) is 1. The second-order valence-electron chi connectivity index (χ2n) is 7.56. The first-order valence-corrected chi connectivity index (χ1v) is 10.3. The first-order chi connectivity index (χ1) is 15.0. The summed E-state index contributed by atoms with van der Waals surface area (Å²) in [7, 11) is 3.17. The van der Waals surface area contributed by atoms with Gasteiger partial charge in [-0.15, -0.1) is 0 Å². The highest BCUT2D eigenvalue weighted by Gasteiger charge is 2.24. The van der Waals surface area contributed by atoms with E-state index in [1.54, 1.807) is 32.4 Å². The van der Waals surface area contributed by atoms with Gasteiger partial charge in [-0.2, -0.15) is 0 Å². The van der Waals surface area contributed by atoms with Gasteiger partial charge in [0.25, 0.3) is 0 Å². The summed E-state index contributed by atoms with van der Waals surface area (Å²) < 4.78 is 10.6. The number of carbonyl (C=O) groups excluding carboxylic acids is 2. The number of hydrogen-bond donors (Lipinski definition) is 2. The molecule has 0 aliphatic carbocycles. The molecular formula is C24H29N3O4. The molecule has 1 fully saturated rings. The average Bonchev–Trinajstić information content (AvgIpc) is 2.79. The molecule has 164 valence electrons. The Kier molecular flexibility index (Phi) is 7.67. The highest BCUT2D eigenvalue weighted by molar-refractivity contribution is 6.02. The van der Waals surface area contributed by atoms with Crippen LogP contribution in [0.3, 0.4) is 0 Å². The summed E-state index contributed by atoms with van der Waals surface area (Å²) in [6.45, 7) is 2.20. The molecule has 0 radical (unpaired) electrons. The van der Waals surface area contributed by atoms with Crippen molar-refractivity contribution in [1.29, 1.82) is 0 Å². The van der Waals surface area contributed by atoms with Crippen LogP contribution >= 0.6 is 0 Å². The highest BCUT2D eigenvalue weighted by atomic mass is 16.5. The molecule has 0 bridgehead atoms. The fourth-order valence-corrected chi connectivity index (χ4v) is 3.76. The Morgan fingerprint density at radius 3 is 2.74 bits per heavy atom. The minimum absolute atomic E-state index is 0.115. The molecule has 31 heavy (non-hydrogen) atoms. The number of hydrogen-bond acceptors (Lipinski definition) is 5. The Balaban J connectivity index is 1.69. The molecule has 1 aliphatic rings. The lowest BCUT2D eigenvalue weighted by molar-refractivity contribution is -0.123. The minimum atomic E-state index is -0.246. The second kappa shape index (κ2) is 10.6. The van der Waals surface area contributed by atoms with Crippen LogP contribution in [0.25, 0.3) is 6.08 Å². The standard InChI is InChI=1S/C24H29N3O4/c1-30-20-10-11-22(31-2)17(14-20)9-12-23(28)26-21-8-4-3-6-18(21)15-27-13-5-7-19(16-27)24(25)29/h3-4,6,8-12,14,19H,5,7,13,15-16H2,1-2H3,(H2,25,29)(H,26,28)/b12-9+. The van der Waals surface area contributed by atoms with Gasteiger partial charge in [-0.3, -0.25) is 14.5 Å². The Labute approximate surface area is 182 Å². The summed E-state index contributed by atoms with van der Waals surface area (Å²) in [6.07, 6.45) is 4.94. The normalized spacial score (nSPS) is 16.8. The monoisotopic (exact) mass is 423 g/mol. The van der Waals surface area contributed by atoms with E-state index in [4.69, 9.17) is 15.2 Å². The van der Waals surface area contributed by atoms with Gasteiger partial charge in [-0.1, -0.05) is 18.2 Å². The zero-order chi connectivity index (χ0) is 22.2. The molecular weight excluding hydrogens is 394 g/mol. The zero-order valence-corrected chi connectivity index (χ0v) is 18.0. The summed E-state index contributed by atoms with van der Waals surface area (Å²) in [4.78, 5) is 26.3. The lowest BCUT2D eigenvalue weighted by Gasteiger charge is -2.31. The second-order valence-corrected chi connectivity index (χ2v) is 7.56. The average molecular weight is 424 g/mol. The number of methoxy groups -OCH3 is 2. The zero-order valence-electron chi connectivity index (χ0n) is 18.0. The maximum Gasteiger partial charge on any atom is 0.248 e. The molecule has 1 heterocycles. The first-order valence-electron chi connectivity index (χ1n) is 10.3. The number of likely N-dealkylation sites (tertiary alicyclic amines) is 1. The predicted molar refractivity (Wildman–Crippen MR) is 121 cm³/mol. The lowest BCUT2D eigenvalue weighted by Crippen LogP contribution is -2.40. The predicted octanol–water partition coefficient (Wildman–Crippen LogP) is 3.05. The summed E-state index contributed by atoms with van der Waals surface area (Å²) in [5.41, 5.74) is 7.98. The molecule has 2 amide bonds. The van der Waals surface area contributed by atoms with Crippen LogP contribution in [0, 0.1) is 5.92 Å². The van der Waals surface area contributed by atoms with E-state index in [0.29, 0.717) is 24.6 Å². The quantitative estimate of drug-likeness (QED) is 0.637. The van der Waals surface area contributed by atoms with Crippen LogP contribution in [0.1, 0.15) is 24.0 Å². The molecule has 1 aliphatic heterocycles. The third-order valence-electron chi connectivity index (χ3n) is 5.43. The lowest BCUT2D eigenvalue weighted by atomic mass is 9.97. The van der Waals surface area contributed by atoms with E-state index >= 15 is 0 Å². The number of ether oxygens (including phenoxy) is 2. The number of rotatable bonds is 8. The van der Waals surface area contributed by atoms with Crippen molar-refractivity contribution in [2.75, 3.05) is 32.6 Å². The maximum absolute atomic E-state index is 12.6. The van der Waals surface area contributed by atoms with Crippen LogP contribution in [-0.2, 0) is 16.1 Å². The van der Waals surface area contributed by atoms with E-state index < -0.39 is 0 Å². The minimum Gasteiger partial charge on any atom is -0.497 e. The van der Waals surface area contributed by atoms with E-state index in [0.717, 1.165) is 36.2 Å². The molecule has 1 atom stereocenters. The van der Waals surface area contributed by atoms with Gasteiger partial charge < -0.3 is 20.5 Å². The largest absolute Gasteiger partial charge is 0.497 e. The van der Waals surface area contributed by atoms with E-state index in [1.165, 1.54) is 6.08 Å². The number of para-hydroxylation sites is 1. The van der Waals surface area contributed by atoms with Crippen LogP contribution in [0.4, 0.5) is 5.69 Å². The van der Waals surface area contributed by atoms with E-state index in [9.17, 15) is 9.59 Å². The van der Waals surface area contributed by atoms with Crippen molar-refractivity contribution in [3.05, 3.63) is 59.7 Å². The number of benzene rings is 2. The van der Waals surface area contributed by atoms with Gasteiger partial charge in [-0.25, -0.2) is 0 Å². The van der Waals surface area contributed by atoms with Crippen molar-refractivity contribution in [3.8, 4) is 11.5 Å². The molecule has 7 nitrogen and oxygen atoms in total. The Hall–Kier alpha value is -3.32. The number of amides is 2. The Morgan fingerprint density at radius 1 is 1.19 bits per heavy atom. The van der Waals surface area contributed by atoms with Gasteiger partial charge in [-0.05, 0) is 55.3 Å². The molecule has 0 aromatic heterocycles. The Bertz CT molecular complexity index is 958. The number of nitrogens with two attached hydrogens (primary N) is 1. The first kappa shape index (κ1) is 22.4. The summed E-state index contributed by atoms with van der Waals surface area (Å²) in [6, 6.07) is 13.1. The van der Waals surface area contributed by atoms with Crippen LogP contribution in [0.2, 0.25) is 0 Å². The number of primary amides is 1. The number of piperidine rings is 1. The van der Waals surface area contributed by atoms with Crippen molar-refractivity contribution in [2.45, 2.75) is 19.4 Å². The van der Waals surface area contributed by atoms with Crippen molar-refractivity contribution >= 4 is 23.6 Å². The third-order valence-corrected chi connectivity index (χ3v) is 5.43. The molecule has 7 heteroatoms. The molecule has 1 unspecified atom stereocenters. The van der Waals surface area contributed by atoms with Gasteiger partial charge in [0.15, 0.2) is 0 Å². The molecule has 2 aromatic carbocycles. The highest BCUT2D eigenvalue weighted by Crippen LogP contribution is 2.25. The summed E-state index contributed by atoms with van der Waals surface area (Å²) in [5, 5.41) is 2.95. The van der Waals surface area contributed by atoms with Crippen LogP contribution in [0.5, 0.6) is 11.5 Å². The molecule has 0 saturated carbocycles. The summed E-state index contributed by atoms with van der Waals surface area (Å²) >= 11 is 0. The molecule has 2 aromatic rings. The van der Waals surface area contributed by atoms with Gasteiger partial charge in [0, 0.05) is 30.4 Å². The number of anilines is 1. The molecule has 0 spiro atoms. The van der Waals surface area contributed by atoms with E-state index in [2.05, 4.69) is 10.2 Å². The maximum atomic E-state index is 12.6. The van der Waals surface area contributed by atoms with Gasteiger partial charge in [0.05, 0.1) is 20.1 Å². The van der Waals surface area contributed by atoms with Crippen LogP contribution in [-0.4, -0.2) is 44.0 Å². The fraction of sp³-hybridized carbons (Fsp3) is 0.333. The summed E-state index contributed by atoms with van der Waals surface area (Å²) in [5.74, 6) is 0.730. The van der Waals surface area contributed by atoms with Crippen molar-refractivity contribution in [1.82, 2.24) is 4.90 Å². The third kappa shape index (κ3) is 6.08. The van der Waals surface area contributed by atoms with Crippen LogP contribution < -0.4 is 20.5 Å². The van der Waals surface area contributed by atoms with Gasteiger partial charge in [0.1, 0.15) is 11.5 Å². The molecule has 1 saturated heterocycles. The van der Waals surface area contributed by atoms with Crippen molar-refractivity contribution in [3.63, 3.8) is 0 Å². The SMILES string of the molecule is COc1ccc(OC)c(/C=C/C(=O)Nc2ccccc2CN2CCCC(C(N)=O)C2)c1. The van der Waals surface area contributed by atoms with Crippen molar-refractivity contribution in [2.24, 2.45) is 11.7 Å². The fourth-order valence-electron chi connectivity index (χ4n) is 3.76. The number of carbonyl (C=O) groups is 2. The number of nitrogens with one attached hydrogen (secondary N) is 1. The topological polar surface area (TPSA) is 93.9 Å². The molecule has 3 N–H and O–H groups in total. The van der Waals surface area contributed by atoms with Gasteiger partial charge >= 0.3 is 0 Å². The van der Waals surface area contributed by atoms with Gasteiger partial charge in [0.2, 0.25) is 11.8 Å². The van der Waals surface area contributed by atoms with Crippen molar-refractivity contribution < 1.29 is 19.1 Å². The molecule has 3 rings (SSSR count). The van der Waals surface area contributed by atoms with Crippen LogP contribution in [0.15, 0.2) is 48.5 Å². The Morgan fingerprint density at radius 2 is 2.00 bits per heavy atom. The van der Waals surface area contributed by atoms with E-state index in [-0.39, 0.29) is 17.7 Å². The smallest absolute Gasteiger partial charge is 0.248 e.